The number of rotatable bonds is 5. The van der Waals surface area contributed by atoms with Gasteiger partial charge in [-0.3, -0.25) is 0 Å². The van der Waals surface area contributed by atoms with Gasteiger partial charge in [-0.15, -0.1) is 0 Å². The van der Waals surface area contributed by atoms with E-state index in [9.17, 15) is 9.90 Å². The van der Waals surface area contributed by atoms with Crippen LogP contribution in [-0.2, 0) is 9.47 Å². The van der Waals surface area contributed by atoms with Crippen LogP contribution < -0.4 is 5.73 Å². The van der Waals surface area contributed by atoms with Gasteiger partial charge < -0.3 is 24.9 Å². The first-order valence-electron chi connectivity index (χ1n) is 8.60. The average molecular weight is 369 g/mol. The van der Waals surface area contributed by atoms with Crippen molar-refractivity contribution in [2.75, 3.05) is 18.9 Å². The van der Waals surface area contributed by atoms with Gasteiger partial charge in [-0.1, -0.05) is 18.2 Å². The van der Waals surface area contributed by atoms with Crippen LogP contribution in [0.15, 0.2) is 43.0 Å². The summed E-state index contributed by atoms with van der Waals surface area (Å²) < 4.78 is 12.7. The van der Waals surface area contributed by atoms with Gasteiger partial charge in [0.05, 0.1) is 37.3 Å². The molecule has 3 aromatic rings. The van der Waals surface area contributed by atoms with Crippen LogP contribution >= 0.6 is 0 Å². The number of nitrogens with two attached hydrogens (primary N) is 1. The van der Waals surface area contributed by atoms with Crippen LogP contribution in [0.3, 0.4) is 0 Å². The van der Waals surface area contributed by atoms with E-state index in [-0.39, 0.29) is 18.5 Å². The van der Waals surface area contributed by atoms with Crippen molar-refractivity contribution in [1.29, 1.82) is 0 Å². The number of nitrogens with zero attached hydrogens (tertiary/aromatic N) is 4. The predicted molar refractivity (Wildman–Crippen MR) is 95.9 cm³/mol. The fraction of sp³-hybridized carbons (Fsp3) is 0.333. The second-order valence-corrected chi connectivity index (χ2v) is 6.30. The zero-order valence-electron chi connectivity index (χ0n) is 14.4. The molecule has 3 heterocycles. The molecule has 2 aromatic heterocycles. The maximum absolute atomic E-state index is 12.0. The van der Waals surface area contributed by atoms with Gasteiger partial charge in [-0.2, -0.15) is 0 Å². The van der Waals surface area contributed by atoms with E-state index in [0.29, 0.717) is 29.8 Å². The molecule has 1 fully saturated rings. The number of imidazole rings is 1. The van der Waals surface area contributed by atoms with Crippen molar-refractivity contribution < 1.29 is 19.4 Å². The number of fused-ring (bicyclic) bond motifs is 1. The van der Waals surface area contributed by atoms with Gasteiger partial charge in [0.25, 0.3) is 0 Å². The minimum Gasteiger partial charge on any atom is -0.462 e. The molecule has 140 valence electrons. The summed E-state index contributed by atoms with van der Waals surface area (Å²) in [6.07, 6.45) is 2.09. The summed E-state index contributed by atoms with van der Waals surface area (Å²) >= 11 is 0. The molecule has 3 atom stereocenters. The van der Waals surface area contributed by atoms with Crippen molar-refractivity contribution in [3.05, 3.63) is 48.5 Å². The van der Waals surface area contributed by atoms with E-state index in [1.165, 1.54) is 6.33 Å². The van der Waals surface area contributed by atoms with Gasteiger partial charge in [-0.05, 0) is 12.1 Å². The second kappa shape index (κ2) is 7.29. The first kappa shape index (κ1) is 17.4. The van der Waals surface area contributed by atoms with E-state index >= 15 is 0 Å². The summed E-state index contributed by atoms with van der Waals surface area (Å²) in [6, 6.07) is 8.42. The van der Waals surface area contributed by atoms with Gasteiger partial charge >= 0.3 is 5.97 Å². The SMILES string of the molecule is Nc1ncnc2c1ncn2[C@@H]1CO[C@H](CCOC(=O)c2ccccc2)[C@H]1O. The second-order valence-electron chi connectivity index (χ2n) is 6.30. The Labute approximate surface area is 154 Å². The molecule has 1 aliphatic heterocycles. The van der Waals surface area contributed by atoms with E-state index in [1.54, 1.807) is 35.2 Å². The van der Waals surface area contributed by atoms with Crippen LogP contribution in [-0.4, -0.2) is 56.0 Å². The van der Waals surface area contributed by atoms with E-state index in [1.807, 2.05) is 6.07 Å². The van der Waals surface area contributed by atoms with Crippen molar-refractivity contribution in [3.63, 3.8) is 0 Å². The van der Waals surface area contributed by atoms with Crippen molar-refractivity contribution in [2.45, 2.75) is 24.7 Å². The summed E-state index contributed by atoms with van der Waals surface area (Å²) in [5.41, 5.74) is 7.33. The number of anilines is 1. The number of aliphatic hydroxyl groups is 1. The topological polar surface area (TPSA) is 125 Å². The monoisotopic (exact) mass is 369 g/mol. The van der Waals surface area contributed by atoms with E-state index < -0.39 is 18.2 Å². The minimum absolute atomic E-state index is 0.155. The summed E-state index contributed by atoms with van der Waals surface area (Å²) in [5, 5.41) is 10.6. The Balaban J connectivity index is 1.38. The zero-order valence-corrected chi connectivity index (χ0v) is 14.4. The number of carbonyl (C=O) groups excluding carboxylic acids is 1. The fourth-order valence-electron chi connectivity index (χ4n) is 3.20. The zero-order chi connectivity index (χ0) is 18.8. The van der Waals surface area contributed by atoms with Gasteiger partial charge in [0.15, 0.2) is 11.5 Å². The first-order chi connectivity index (χ1) is 13.1. The molecule has 9 heteroatoms. The van der Waals surface area contributed by atoms with Gasteiger partial charge in [0, 0.05) is 6.42 Å². The van der Waals surface area contributed by atoms with Crippen molar-refractivity contribution in [3.8, 4) is 0 Å². The third-order valence-electron chi connectivity index (χ3n) is 4.65. The summed E-state index contributed by atoms with van der Waals surface area (Å²) in [6.45, 7) is 0.454. The van der Waals surface area contributed by atoms with Crippen LogP contribution in [0, 0.1) is 0 Å². The molecule has 0 bridgehead atoms. The molecule has 0 spiro atoms. The Hall–Kier alpha value is -3.04. The minimum atomic E-state index is -0.783. The Morgan fingerprint density at radius 1 is 1.30 bits per heavy atom. The number of hydrogen-bond donors (Lipinski definition) is 2. The highest BCUT2D eigenvalue weighted by atomic mass is 16.5. The fourth-order valence-corrected chi connectivity index (χ4v) is 3.20. The third kappa shape index (κ3) is 3.34. The number of aromatic nitrogens is 4. The Morgan fingerprint density at radius 2 is 2.11 bits per heavy atom. The highest BCUT2D eigenvalue weighted by Crippen LogP contribution is 2.30. The van der Waals surface area contributed by atoms with Crippen LogP contribution in [0.2, 0.25) is 0 Å². The lowest BCUT2D eigenvalue weighted by atomic mass is 10.1. The van der Waals surface area contributed by atoms with Crippen molar-refractivity contribution in [1.82, 2.24) is 19.5 Å². The number of nitrogen functional groups attached to an aromatic ring is 1. The highest BCUT2D eigenvalue weighted by Gasteiger charge is 2.37. The molecule has 0 radical (unpaired) electrons. The summed E-state index contributed by atoms with van der Waals surface area (Å²) in [4.78, 5) is 24.3. The predicted octanol–water partition coefficient (Wildman–Crippen LogP) is 0.956. The smallest absolute Gasteiger partial charge is 0.338 e. The van der Waals surface area contributed by atoms with E-state index in [0.717, 1.165) is 0 Å². The molecular formula is C18H19N5O4. The molecule has 0 unspecified atom stereocenters. The molecule has 4 rings (SSSR count). The Morgan fingerprint density at radius 3 is 2.93 bits per heavy atom. The van der Waals surface area contributed by atoms with E-state index in [4.69, 9.17) is 15.2 Å². The number of hydrogen-bond acceptors (Lipinski definition) is 8. The highest BCUT2D eigenvalue weighted by molar-refractivity contribution is 5.89. The number of carbonyl (C=O) groups is 1. The molecule has 9 nitrogen and oxygen atoms in total. The molecule has 1 saturated heterocycles. The van der Waals surface area contributed by atoms with Crippen LogP contribution in [0.4, 0.5) is 5.82 Å². The van der Waals surface area contributed by atoms with Crippen LogP contribution in [0.25, 0.3) is 11.2 Å². The Kier molecular flexibility index (Phi) is 4.69. The number of aliphatic hydroxyl groups excluding tert-OH is 1. The van der Waals surface area contributed by atoms with Crippen molar-refractivity contribution >= 4 is 23.0 Å². The molecule has 0 aliphatic carbocycles. The van der Waals surface area contributed by atoms with Crippen LogP contribution in [0.1, 0.15) is 22.8 Å². The molecule has 27 heavy (non-hydrogen) atoms. The van der Waals surface area contributed by atoms with Crippen molar-refractivity contribution in [2.24, 2.45) is 0 Å². The number of benzene rings is 1. The quantitative estimate of drug-likeness (QED) is 0.637. The van der Waals surface area contributed by atoms with Gasteiger partial charge in [0.1, 0.15) is 17.9 Å². The van der Waals surface area contributed by atoms with Crippen LogP contribution in [0.5, 0.6) is 0 Å². The molecule has 1 aromatic carbocycles. The maximum atomic E-state index is 12.0. The van der Waals surface area contributed by atoms with Gasteiger partial charge in [-0.25, -0.2) is 19.7 Å². The largest absolute Gasteiger partial charge is 0.462 e. The Bertz CT molecular complexity index is 945. The lowest BCUT2D eigenvalue weighted by Crippen LogP contribution is -2.29. The molecule has 3 N–H and O–H groups in total. The number of esters is 1. The third-order valence-corrected chi connectivity index (χ3v) is 4.65. The molecule has 1 aliphatic rings. The summed E-state index contributed by atoms with van der Waals surface area (Å²) in [5.74, 6) is -0.107. The standard InChI is InChI=1S/C18H19N5O4/c19-16-14-17(21-9-20-16)23(10-22-14)12-8-27-13(15(12)24)6-7-26-18(25)11-4-2-1-3-5-11/h1-5,9-10,12-13,15,24H,6-8H2,(H2,19,20,21)/t12-,13-,15+/m1/s1. The normalized spacial score (nSPS) is 22.2. The maximum Gasteiger partial charge on any atom is 0.338 e. The number of ether oxygens (including phenoxy) is 2. The van der Waals surface area contributed by atoms with E-state index in [2.05, 4.69) is 15.0 Å². The lowest BCUT2D eigenvalue weighted by molar-refractivity contribution is 0.0116. The lowest BCUT2D eigenvalue weighted by Gasteiger charge is -2.18. The molecular weight excluding hydrogens is 350 g/mol. The first-order valence-corrected chi connectivity index (χ1v) is 8.60. The van der Waals surface area contributed by atoms with Gasteiger partial charge in [0.2, 0.25) is 0 Å². The average Bonchev–Trinajstić information content (AvgIpc) is 3.27. The molecule has 0 saturated carbocycles. The molecule has 0 amide bonds. The summed E-state index contributed by atoms with van der Waals surface area (Å²) in [7, 11) is 0.